The van der Waals surface area contributed by atoms with Crippen molar-refractivity contribution in [2.75, 3.05) is 13.1 Å². The van der Waals surface area contributed by atoms with Crippen LogP contribution in [-0.2, 0) is 12.8 Å². The maximum absolute atomic E-state index is 11.5. The van der Waals surface area contributed by atoms with Crippen molar-refractivity contribution in [2.24, 2.45) is 0 Å². The van der Waals surface area contributed by atoms with Gasteiger partial charge in [-0.05, 0) is 68.5 Å². The molecule has 2 N–H and O–H groups in total. The Morgan fingerprint density at radius 1 is 1.00 bits per heavy atom. The van der Waals surface area contributed by atoms with E-state index in [-0.39, 0.29) is 0 Å². The smallest absolute Gasteiger partial charge is 0.314 e. The quantitative estimate of drug-likeness (QED) is 0.831. The number of hydrogen-bond donors (Lipinski definition) is 2. The highest BCUT2D eigenvalue weighted by molar-refractivity contribution is 5.76. The lowest BCUT2D eigenvalue weighted by Gasteiger charge is -2.35. The Kier molecular flexibility index (Phi) is 4.66. The van der Waals surface area contributed by atoms with Gasteiger partial charge in [0.1, 0.15) is 0 Å². The number of nitrogens with one attached hydrogen (secondary N) is 2. The molecule has 5 heteroatoms. The van der Waals surface area contributed by atoms with E-state index in [1.807, 2.05) is 12.1 Å². The lowest BCUT2D eigenvalue weighted by Crippen LogP contribution is -2.40. The average molecular weight is 315 g/mol. The summed E-state index contributed by atoms with van der Waals surface area (Å²) in [6.07, 6.45) is 5.56. The van der Waals surface area contributed by atoms with Gasteiger partial charge in [0.15, 0.2) is 0 Å². The number of fused-ring (bicyclic) bond motifs is 2. The standard InChI is InChI=1S/C18H25N3O2/c1-3-7-21(8-4-2)14-6-5-12-10-15-16(11-13(12)9-14)20-18(23)17(22)19-15/h10-11,14H,3-9H2,1-2H3,(H,19,22)(H,20,23). The number of hydrogen-bond acceptors (Lipinski definition) is 3. The minimum Gasteiger partial charge on any atom is -0.316 e. The summed E-state index contributed by atoms with van der Waals surface area (Å²) in [6.45, 7) is 6.75. The number of aromatic nitrogens is 2. The molecule has 0 spiro atoms. The predicted molar refractivity (Wildman–Crippen MR) is 93.2 cm³/mol. The van der Waals surface area contributed by atoms with Crippen LogP contribution >= 0.6 is 0 Å². The summed E-state index contributed by atoms with van der Waals surface area (Å²) in [5.74, 6) is 0. The predicted octanol–water partition coefficient (Wildman–Crippen LogP) is 2.20. The van der Waals surface area contributed by atoms with E-state index in [0.717, 1.165) is 43.4 Å². The third-order valence-corrected chi connectivity index (χ3v) is 4.78. The van der Waals surface area contributed by atoms with E-state index in [1.165, 1.54) is 24.0 Å². The monoisotopic (exact) mass is 315 g/mol. The van der Waals surface area contributed by atoms with E-state index < -0.39 is 11.1 Å². The first-order chi connectivity index (χ1) is 11.1. The second-order valence-corrected chi connectivity index (χ2v) is 6.51. The molecule has 1 aromatic heterocycles. The van der Waals surface area contributed by atoms with Crippen LogP contribution in [-0.4, -0.2) is 34.0 Å². The van der Waals surface area contributed by atoms with Gasteiger partial charge in [-0.15, -0.1) is 0 Å². The SMILES string of the molecule is CCCN(CCC)C1CCc2cc3[nH]c(=O)c(=O)[nH]c3cc2C1. The van der Waals surface area contributed by atoms with Crippen molar-refractivity contribution >= 4 is 11.0 Å². The number of aryl methyl sites for hydroxylation is 1. The highest BCUT2D eigenvalue weighted by Gasteiger charge is 2.24. The van der Waals surface area contributed by atoms with Gasteiger partial charge in [-0.1, -0.05) is 13.8 Å². The molecule has 0 amide bonds. The van der Waals surface area contributed by atoms with Crippen molar-refractivity contribution in [1.82, 2.24) is 14.9 Å². The van der Waals surface area contributed by atoms with Crippen molar-refractivity contribution in [2.45, 2.75) is 52.0 Å². The van der Waals surface area contributed by atoms with Crippen LogP contribution in [0.3, 0.4) is 0 Å². The maximum atomic E-state index is 11.5. The van der Waals surface area contributed by atoms with Crippen LogP contribution in [0.2, 0.25) is 0 Å². The molecule has 1 aliphatic carbocycles. The van der Waals surface area contributed by atoms with Gasteiger partial charge in [0.05, 0.1) is 11.0 Å². The van der Waals surface area contributed by atoms with Gasteiger partial charge in [0.25, 0.3) is 0 Å². The minimum absolute atomic E-state index is 0.578. The molecule has 2 aromatic rings. The molecule has 1 heterocycles. The Morgan fingerprint density at radius 3 is 2.13 bits per heavy atom. The fourth-order valence-corrected chi connectivity index (χ4v) is 3.72. The normalized spacial score (nSPS) is 17.6. The average Bonchev–Trinajstić information content (AvgIpc) is 2.53. The van der Waals surface area contributed by atoms with Gasteiger partial charge in [-0.25, -0.2) is 0 Å². The van der Waals surface area contributed by atoms with Gasteiger partial charge in [0, 0.05) is 6.04 Å². The molecule has 1 aromatic carbocycles. The maximum Gasteiger partial charge on any atom is 0.314 e. The number of nitrogens with zero attached hydrogens (tertiary/aromatic N) is 1. The molecular weight excluding hydrogens is 290 g/mol. The number of H-pyrrole nitrogens is 2. The van der Waals surface area contributed by atoms with Crippen LogP contribution in [0, 0.1) is 0 Å². The van der Waals surface area contributed by atoms with Crippen molar-refractivity contribution in [3.8, 4) is 0 Å². The van der Waals surface area contributed by atoms with Crippen LogP contribution < -0.4 is 11.1 Å². The zero-order chi connectivity index (χ0) is 16.4. The molecule has 0 bridgehead atoms. The van der Waals surface area contributed by atoms with Gasteiger partial charge < -0.3 is 14.9 Å². The summed E-state index contributed by atoms with van der Waals surface area (Å²) >= 11 is 0. The van der Waals surface area contributed by atoms with E-state index in [9.17, 15) is 9.59 Å². The van der Waals surface area contributed by atoms with Crippen LogP contribution in [0.4, 0.5) is 0 Å². The summed E-state index contributed by atoms with van der Waals surface area (Å²) in [4.78, 5) is 31.0. The van der Waals surface area contributed by atoms with Crippen molar-refractivity contribution < 1.29 is 0 Å². The Labute approximate surface area is 135 Å². The number of benzene rings is 1. The zero-order valence-electron chi connectivity index (χ0n) is 13.9. The Bertz CT molecular complexity index is 800. The highest BCUT2D eigenvalue weighted by atomic mass is 16.2. The molecule has 3 rings (SSSR count). The highest BCUT2D eigenvalue weighted by Crippen LogP contribution is 2.27. The summed E-state index contributed by atoms with van der Waals surface area (Å²) in [5.41, 5.74) is 2.89. The van der Waals surface area contributed by atoms with Gasteiger partial charge in [0.2, 0.25) is 0 Å². The summed E-state index contributed by atoms with van der Waals surface area (Å²) < 4.78 is 0. The lowest BCUT2D eigenvalue weighted by atomic mass is 9.87. The molecule has 23 heavy (non-hydrogen) atoms. The first-order valence-corrected chi connectivity index (χ1v) is 8.64. The topological polar surface area (TPSA) is 69.0 Å². The van der Waals surface area contributed by atoms with E-state index in [0.29, 0.717) is 6.04 Å². The number of aromatic amines is 2. The molecule has 0 saturated heterocycles. The van der Waals surface area contributed by atoms with Crippen molar-refractivity contribution in [3.63, 3.8) is 0 Å². The van der Waals surface area contributed by atoms with E-state index in [2.05, 4.69) is 28.7 Å². The minimum atomic E-state index is -0.580. The largest absolute Gasteiger partial charge is 0.316 e. The van der Waals surface area contributed by atoms with Crippen LogP contribution in [0.5, 0.6) is 0 Å². The molecule has 1 atom stereocenters. The molecule has 0 saturated carbocycles. The van der Waals surface area contributed by atoms with Crippen LogP contribution in [0.25, 0.3) is 11.0 Å². The van der Waals surface area contributed by atoms with E-state index in [4.69, 9.17) is 0 Å². The molecular formula is C18H25N3O2. The second-order valence-electron chi connectivity index (χ2n) is 6.51. The van der Waals surface area contributed by atoms with Crippen molar-refractivity contribution in [1.29, 1.82) is 0 Å². The Hall–Kier alpha value is -1.88. The number of rotatable bonds is 5. The fraction of sp³-hybridized carbons (Fsp3) is 0.556. The molecule has 1 unspecified atom stereocenters. The van der Waals surface area contributed by atoms with E-state index >= 15 is 0 Å². The first kappa shape index (κ1) is 16.0. The summed E-state index contributed by atoms with van der Waals surface area (Å²) in [5, 5.41) is 0. The first-order valence-electron chi connectivity index (χ1n) is 8.64. The van der Waals surface area contributed by atoms with Gasteiger partial charge in [-0.2, -0.15) is 0 Å². The Balaban J connectivity index is 1.93. The summed E-state index contributed by atoms with van der Waals surface area (Å²) in [6, 6.07) is 4.65. The molecule has 0 radical (unpaired) electrons. The Morgan fingerprint density at radius 2 is 1.57 bits per heavy atom. The van der Waals surface area contributed by atoms with Crippen LogP contribution in [0.1, 0.15) is 44.2 Å². The van der Waals surface area contributed by atoms with Gasteiger partial charge >= 0.3 is 11.1 Å². The van der Waals surface area contributed by atoms with Crippen molar-refractivity contribution in [3.05, 3.63) is 44.0 Å². The molecule has 5 nitrogen and oxygen atoms in total. The third-order valence-electron chi connectivity index (χ3n) is 4.78. The molecule has 0 fully saturated rings. The zero-order valence-corrected chi connectivity index (χ0v) is 13.9. The van der Waals surface area contributed by atoms with Crippen LogP contribution in [0.15, 0.2) is 21.7 Å². The van der Waals surface area contributed by atoms with E-state index in [1.54, 1.807) is 0 Å². The van der Waals surface area contributed by atoms with Gasteiger partial charge in [-0.3, -0.25) is 9.59 Å². The molecule has 1 aliphatic rings. The molecule has 124 valence electrons. The molecule has 0 aliphatic heterocycles. The third kappa shape index (κ3) is 3.24. The fourth-order valence-electron chi connectivity index (χ4n) is 3.72. The summed E-state index contributed by atoms with van der Waals surface area (Å²) in [7, 11) is 0. The lowest BCUT2D eigenvalue weighted by molar-refractivity contribution is 0.180. The second kappa shape index (κ2) is 6.71.